The number of nitrogens with one attached hydrogen (secondary N) is 1. The van der Waals surface area contributed by atoms with Crippen molar-refractivity contribution in [2.24, 2.45) is 0 Å². The molecule has 0 spiro atoms. The van der Waals surface area contributed by atoms with Crippen molar-refractivity contribution >= 4 is 11.6 Å². The van der Waals surface area contributed by atoms with E-state index in [1.165, 1.54) is 32.0 Å². The number of rotatable bonds is 11. The fraction of sp³-hybridized carbons (Fsp3) is 0.529. The highest BCUT2D eigenvalue weighted by Crippen LogP contribution is 2.39. The van der Waals surface area contributed by atoms with Crippen molar-refractivity contribution < 1.29 is 14.2 Å². The fourth-order valence-electron chi connectivity index (χ4n) is 7.23. The van der Waals surface area contributed by atoms with Crippen molar-refractivity contribution in [3.8, 4) is 28.8 Å². The first-order chi connectivity index (χ1) is 22.9. The van der Waals surface area contributed by atoms with Crippen LogP contribution in [-0.2, 0) is 11.3 Å². The Morgan fingerprint density at radius 2 is 1.68 bits per heavy atom. The van der Waals surface area contributed by atoms with Gasteiger partial charge in [0.2, 0.25) is 5.95 Å². The number of nitriles is 1. The number of hydrogen-bond donors (Lipinski definition) is 1. The van der Waals surface area contributed by atoms with E-state index in [0.717, 1.165) is 42.9 Å². The van der Waals surface area contributed by atoms with Gasteiger partial charge in [0.25, 0.3) is 5.88 Å². The van der Waals surface area contributed by atoms with Gasteiger partial charge in [0.1, 0.15) is 36.3 Å². The number of anilines is 2. The molecule has 1 saturated carbocycles. The molecule has 4 aromatic rings. The Balaban J connectivity index is 1.02. The number of benzene rings is 1. The molecule has 2 saturated heterocycles. The van der Waals surface area contributed by atoms with Crippen LogP contribution in [0.5, 0.6) is 11.6 Å². The predicted molar refractivity (Wildman–Crippen MR) is 174 cm³/mol. The summed E-state index contributed by atoms with van der Waals surface area (Å²) in [6.07, 6.45) is 15.5. The normalized spacial score (nSPS) is 23.4. The van der Waals surface area contributed by atoms with Crippen LogP contribution in [0, 0.1) is 11.3 Å². The molecule has 0 amide bonds. The molecule has 1 aromatic carbocycles. The zero-order chi connectivity index (χ0) is 32.3. The lowest BCUT2D eigenvalue weighted by atomic mass is 9.89. The van der Waals surface area contributed by atoms with Crippen LogP contribution >= 0.6 is 0 Å². The zero-order valence-electron chi connectivity index (χ0n) is 27.2. The van der Waals surface area contributed by atoms with E-state index in [1.54, 1.807) is 29.5 Å². The highest BCUT2D eigenvalue weighted by Gasteiger charge is 2.42. The molecule has 2 aliphatic heterocycles. The third-order valence-corrected chi connectivity index (χ3v) is 9.38. The SMILES string of the molecule is CC(C)Oc1nn(C2CCC(N3[C@@H]4CC[C@H]3COC4)CC2)cc1Nc1ncc(-c2ccc(C#N)c(O[C@@H](C)Cn3cncn3)c2)cn1. The number of aromatic nitrogens is 7. The summed E-state index contributed by atoms with van der Waals surface area (Å²) in [5.74, 6) is 1.49. The minimum Gasteiger partial charge on any atom is -0.487 e. The van der Waals surface area contributed by atoms with Crippen molar-refractivity contribution in [1.29, 1.82) is 5.26 Å². The van der Waals surface area contributed by atoms with Crippen LogP contribution in [-0.4, -0.2) is 83.0 Å². The lowest BCUT2D eigenvalue weighted by Gasteiger charge is -2.43. The molecule has 1 aliphatic carbocycles. The zero-order valence-corrected chi connectivity index (χ0v) is 27.2. The van der Waals surface area contributed by atoms with Crippen LogP contribution in [0.4, 0.5) is 11.6 Å². The monoisotopic (exact) mass is 638 g/mol. The van der Waals surface area contributed by atoms with Gasteiger partial charge in [0.05, 0.1) is 43.7 Å². The van der Waals surface area contributed by atoms with E-state index >= 15 is 0 Å². The summed E-state index contributed by atoms with van der Waals surface area (Å²) < 4.78 is 21.8. The predicted octanol–water partition coefficient (Wildman–Crippen LogP) is 5.15. The van der Waals surface area contributed by atoms with Gasteiger partial charge in [-0.05, 0) is 77.0 Å². The maximum atomic E-state index is 9.66. The summed E-state index contributed by atoms with van der Waals surface area (Å²) in [6, 6.07) is 9.84. The third kappa shape index (κ3) is 6.94. The van der Waals surface area contributed by atoms with Gasteiger partial charge in [-0.2, -0.15) is 10.4 Å². The smallest absolute Gasteiger partial charge is 0.257 e. The standard InChI is InChI=1S/C34H42N10O3/c1-22(2)46-33-31(17-43(41-33)27-6-8-28(9-7-27)44-29-10-11-30(44)19-45-18-29)40-34-37-14-26(15-38-34)24-4-5-25(13-35)32(12-24)47-23(3)16-42-21-36-20-39-42/h4-5,12,14-15,17,20-23,27-30H,6-11,16,18-19H2,1-3H3,(H,37,38,40)/t23-,27?,28?,29-,30+/m0/s1. The van der Waals surface area contributed by atoms with E-state index in [0.29, 0.717) is 53.9 Å². The van der Waals surface area contributed by atoms with Crippen molar-refractivity contribution in [1.82, 2.24) is 39.4 Å². The molecular formula is C34H42N10O3. The summed E-state index contributed by atoms with van der Waals surface area (Å²) in [4.78, 5) is 16.0. The first kappa shape index (κ1) is 31.1. The highest BCUT2D eigenvalue weighted by molar-refractivity contribution is 5.67. The van der Waals surface area contributed by atoms with Crippen LogP contribution in [0.15, 0.2) is 49.4 Å². The first-order valence-electron chi connectivity index (χ1n) is 16.7. The minimum absolute atomic E-state index is 0.0264. The van der Waals surface area contributed by atoms with Crippen molar-refractivity contribution in [3.63, 3.8) is 0 Å². The molecule has 0 unspecified atom stereocenters. The third-order valence-electron chi connectivity index (χ3n) is 9.38. The summed E-state index contributed by atoms with van der Waals surface area (Å²) >= 11 is 0. The van der Waals surface area contributed by atoms with Gasteiger partial charge in [0.15, 0.2) is 0 Å². The van der Waals surface area contributed by atoms with E-state index in [-0.39, 0.29) is 12.2 Å². The van der Waals surface area contributed by atoms with Gasteiger partial charge in [-0.3, -0.25) is 9.58 Å². The van der Waals surface area contributed by atoms with E-state index in [1.807, 2.05) is 39.1 Å². The Kier molecular flexibility index (Phi) is 9.04. The number of ether oxygens (including phenoxy) is 3. The molecule has 13 heteroatoms. The van der Waals surface area contributed by atoms with Crippen LogP contribution in [0.1, 0.15) is 70.9 Å². The van der Waals surface area contributed by atoms with Crippen LogP contribution in [0.2, 0.25) is 0 Å². The maximum absolute atomic E-state index is 9.66. The summed E-state index contributed by atoms with van der Waals surface area (Å²) in [5, 5.41) is 22.0. The molecule has 47 heavy (non-hydrogen) atoms. The summed E-state index contributed by atoms with van der Waals surface area (Å²) in [5.41, 5.74) is 2.84. The van der Waals surface area contributed by atoms with Crippen molar-refractivity contribution in [3.05, 3.63) is 55.0 Å². The fourth-order valence-corrected chi connectivity index (χ4v) is 7.23. The van der Waals surface area contributed by atoms with E-state index < -0.39 is 0 Å². The quantitative estimate of drug-likeness (QED) is 0.233. The number of hydrogen-bond acceptors (Lipinski definition) is 11. The van der Waals surface area contributed by atoms with Gasteiger partial charge in [-0.1, -0.05) is 6.07 Å². The topological polar surface area (TPSA) is 141 Å². The second-order valence-electron chi connectivity index (χ2n) is 13.1. The molecule has 13 nitrogen and oxygen atoms in total. The Bertz CT molecular complexity index is 1660. The van der Waals surface area contributed by atoms with E-state index in [2.05, 4.69) is 41.0 Å². The van der Waals surface area contributed by atoms with E-state index in [4.69, 9.17) is 19.3 Å². The Morgan fingerprint density at radius 3 is 2.36 bits per heavy atom. The summed E-state index contributed by atoms with van der Waals surface area (Å²) in [7, 11) is 0. The molecule has 7 rings (SSSR count). The second-order valence-corrected chi connectivity index (χ2v) is 13.1. The van der Waals surface area contributed by atoms with E-state index in [9.17, 15) is 5.26 Å². The van der Waals surface area contributed by atoms with Crippen molar-refractivity contribution in [2.45, 2.75) is 102 Å². The molecule has 3 aromatic heterocycles. The average molecular weight is 639 g/mol. The molecule has 0 radical (unpaired) electrons. The molecule has 3 atom stereocenters. The highest BCUT2D eigenvalue weighted by atomic mass is 16.5. The molecule has 3 fully saturated rings. The molecule has 2 bridgehead atoms. The van der Waals surface area contributed by atoms with Gasteiger partial charge >= 0.3 is 0 Å². The first-order valence-corrected chi connectivity index (χ1v) is 16.7. The second kappa shape index (κ2) is 13.7. The molecule has 1 N–H and O–H groups in total. The number of morpholine rings is 1. The average Bonchev–Trinajstić information content (AvgIpc) is 3.79. The summed E-state index contributed by atoms with van der Waals surface area (Å²) in [6.45, 7) is 8.21. The minimum atomic E-state index is -0.222. The Morgan fingerprint density at radius 1 is 0.957 bits per heavy atom. The lowest BCUT2D eigenvalue weighted by Crippen LogP contribution is -2.52. The molecule has 3 aliphatic rings. The van der Waals surface area contributed by atoms with Crippen LogP contribution in [0.25, 0.3) is 11.1 Å². The van der Waals surface area contributed by atoms with Gasteiger partial charge in [0, 0.05) is 36.1 Å². The maximum Gasteiger partial charge on any atom is 0.257 e. The number of fused-ring (bicyclic) bond motifs is 2. The lowest BCUT2D eigenvalue weighted by molar-refractivity contribution is -0.0458. The van der Waals surface area contributed by atoms with Crippen molar-refractivity contribution in [2.75, 3.05) is 18.5 Å². The Labute approximate surface area is 274 Å². The molecular weight excluding hydrogens is 596 g/mol. The largest absolute Gasteiger partial charge is 0.487 e. The van der Waals surface area contributed by atoms with Gasteiger partial charge in [-0.15, -0.1) is 5.10 Å². The van der Waals surface area contributed by atoms with Crippen LogP contribution in [0.3, 0.4) is 0 Å². The van der Waals surface area contributed by atoms with Gasteiger partial charge < -0.3 is 19.5 Å². The molecule has 246 valence electrons. The Hall–Kier alpha value is -4.54. The number of nitrogens with zero attached hydrogens (tertiary/aromatic N) is 9. The van der Waals surface area contributed by atoms with Crippen LogP contribution < -0.4 is 14.8 Å². The van der Waals surface area contributed by atoms with Gasteiger partial charge in [-0.25, -0.2) is 19.6 Å². The molecule has 5 heterocycles.